The van der Waals surface area contributed by atoms with Crippen LogP contribution in [0.15, 0.2) is 30.3 Å². The molecule has 4 rings (SSSR count). The molecule has 8 heteroatoms. The van der Waals surface area contributed by atoms with Gasteiger partial charge in [-0.1, -0.05) is 12.1 Å². The maximum Gasteiger partial charge on any atom is 0.242 e. The molecule has 2 aromatic rings. The highest BCUT2D eigenvalue weighted by Gasteiger charge is 2.56. The van der Waals surface area contributed by atoms with E-state index in [1.165, 1.54) is 0 Å². The molecule has 4 unspecified atom stereocenters. The molecular formula is C27H37N3O5. The van der Waals surface area contributed by atoms with Crippen LogP contribution in [-0.4, -0.2) is 55.4 Å². The molecule has 8 nitrogen and oxygen atoms in total. The number of carbonyl (C=O) groups is 1. The van der Waals surface area contributed by atoms with Gasteiger partial charge in [-0.15, -0.1) is 0 Å². The van der Waals surface area contributed by atoms with Crippen LogP contribution in [0.1, 0.15) is 54.6 Å². The monoisotopic (exact) mass is 483 g/mol. The van der Waals surface area contributed by atoms with Gasteiger partial charge in [-0.3, -0.25) is 4.79 Å². The topological polar surface area (TPSA) is 92.3 Å². The second-order valence-corrected chi connectivity index (χ2v) is 9.70. The van der Waals surface area contributed by atoms with Crippen LogP contribution in [0.25, 0.3) is 0 Å². The predicted octanol–water partition coefficient (Wildman–Crippen LogP) is 3.56. The number of benzene rings is 2. The van der Waals surface area contributed by atoms with E-state index < -0.39 is 6.04 Å². The number of likely N-dealkylation sites (tertiary alicyclic amines) is 1. The molecule has 2 aliphatic heterocycles. The van der Waals surface area contributed by atoms with Crippen LogP contribution in [-0.2, 0) is 9.53 Å². The molecular weight excluding hydrogens is 446 g/mol. The van der Waals surface area contributed by atoms with Gasteiger partial charge in [0, 0.05) is 24.6 Å². The number of methoxy groups -OCH3 is 2. The Hall–Kier alpha value is -2.81. The van der Waals surface area contributed by atoms with Crippen molar-refractivity contribution in [1.29, 1.82) is 0 Å². The van der Waals surface area contributed by atoms with E-state index in [2.05, 4.69) is 16.9 Å². The lowest BCUT2D eigenvalue weighted by atomic mass is 9.81. The number of hydrogen-bond acceptors (Lipinski definition) is 7. The molecule has 4 atom stereocenters. The average molecular weight is 484 g/mol. The zero-order chi connectivity index (χ0) is 25.3. The molecule has 0 radical (unpaired) electrons. The maximum atomic E-state index is 13.6. The molecule has 190 valence electrons. The van der Waals surface area contributed by atoms with Crippen molar-refractivity contribution in [3.8, 4) is 17.2 Å². The third-order valence-corrected chi connectivity index (χ3v) is 6.98. The summed E-state index contributed by atoms with van der Waals surface area (Å²) in [5.41, 5.74) is 10.3. The van der Waals surface area contributed by atoms with E-state index in [0.717, 1.165) is 28.7 Å². The van der Waals surface area contributed by atoms with Crippen molar-refractivity contribution in [3.05, 3.63) is 52.6 Å². The first-order valence-corrected chi connectivity index (χ1v) is 12.2. The largest absolute Gasteiger partial charge is 0.508 e. The molecule has 2 fully saturated rings. The fourth-order valence-corrected chi connectivity index (χ4v) is 5.55. The van der Waals surface area contributed by atoms with Crippen molar-refractivity contribution in [2.75, 3.05) is 27.4 Å². The maximum absolute atomic E-state index is 13.6. The predicted molar refractivity (Wildman–Crippen MR) is 134 cm³/mol. The number of phenolic OH excluding ortho intramolecular Hbond substituents is 1. The molecule has 3 N–H and O–H groups in total. The summed E-state index contributed by atoms with van der Waals surface area (Å²) in [7, 11) is 3.22. The number of hydrogen-bond donors (Lipinski definition) is 3. The first-order valence-electron chi connectivity index (χ1n) is 12.2. The summed E-state index contributed by atoms with van der Waals surface area (Å²) in [6, 6.07) is 8.78. The molecule has 2 saturated heterocycles. The van der Waals surface area contributed by atoms with Crippen LogP contribution in [0.3, 0.4) is 0 Å². The lowest BCUT2D eigenvalue weighted by Gasteiger charge is -2.32. The normalized spacial score (nSPS) is 23.7. The standard InChI is InChI=1S/C27H37N3O5/c1-15(2)35-11-7-10-30-26(18-8-9-20(33-5)21(14-18)34-6)23-24(28-29-25(23)27(30)32)22-17(4)12-16(3)13-19(22)31/h8-9,12-15,23-26,28-29,31H,7,10-11H2,1-6H3. The molecule has 1 amide bonds. The number of rotatable bonds is 9. The van der Waals surface area contributed by atoms with E-state index in [0.29, 0.717) is 24.7 Å². The van der Waals surface area contributed by atoms with Gasteiger partial charge in [0.15, 0.2) is 11.5 Å². The highest BCUT2D eigenvalue weighted by Crippen LogP contribution is 2.50. The smallest absolute Gasteiger partial charge is 0.242 e. The zero-order valence-corrected chi connectivity index (χ0v) is 21.4. The molecule has 35 heavy (non-hydrogen) atoms. The highest BCUT2D eigenvalue weighted by molar-refractivity contribution is 5.86. The second kappa shape index (κ2) is 10.4. The number of nitrogens with one attached hydrogen (secondary N) is 2. The number of aryl methyl sites for hydroxylation is 2. The molecule has 0 saturated carbocycles. The van der Waals surface area contributed by atoms with Crippen molar-refractivity contribution in [1.82, 2.24) is 15.8 Å². The van der Waals surface area contributed by atoms with Gasteiger partial charge in [0.25, 0.3) is 0 Å². The molecule has 0 spiro atoms. The number of aromatic hydroxyl groups is 1. The van der Waals surface area contributed by atoms with E-state index in [1.807, 2.05) is 50.8 Å². The first kappa shape index (κ1) is 25.3. The molecule has 0 aliphatic carbocycles. The van der Waals surface area contributed by atoms with Crippen LogP contribution in [0.5, 0.6) is 17.2 Å². The van der Waals surface area contributed by atoms with Crippen molar-refractivity contribution in [2.45, 2.75) is 58.3 Å². The van der Waals surface area contributed by atoms with Gasteiger partial charge < -0.3 is 24.2 Å². The van der Waals surface area contributed by atoms with E-state index in [4.69, 9.17) is 14.2 Å². The van der Waals surface area contributed by atoms with Gasteiger partial charge in [0.1, 0.15) is 11.8 Å². The molecule has 0 aromatic heterocycles. The minimum atomic E-state index is -0.413. The number of ether oxygens (including phenoxy) is 3. The molecule has 2 heterocycles. The van der Waals surface area contributed by atoms with E-state index in [1.54, 1.807) is 20.3 Å². The lowest BCUT2D eigenvalue weighted by Crippen LogP contribution is -2.42. The Labute approximate surface area is 207 Å². The van der Waals surface area contributed by atoms with Crippen molar-refractivity contribution in [2.24, 2.45) is 5.92 Å². The van der Waals surface area contributed by atoms with E-state index in [9.17, 15) is 9.90 Å². The van der Waals surface area contributed by atoms with E-state index in [-0.39, 0.29) is 35.8 Å². The van der Waals surface area contributed by atoms with Gasteiger partial charge in [-0.2, -0.15) is 0 Å². The zero-order valence-electron chi connectivity index (χ0n) is 21.4. The Morgan fingerprint density at radius 1 is 1.03 bits per heavy atom. The molecule has 2 aromatic carbocycles. The summed E-state index contributed by atoms with van der Waals surface area (Å²) in [5, 5.41) is 10.9. The third-order valence-electron chi connectivity index (χ3n) is 6.98. The van der Waals surface area contributed by atoms with E-state index >= 15 is 0 Å². The molecule has 0 bridgehead atoms. The van der Waals surface area contributed by atoms with Crippen molar-refractivity contribution < 1.29 is 24.1 Å². The number of fused-ring (bicyclic) bond motifs is 1. The first-order chi connectivity index (χ1) is 16.8. The van der Waals surface area contributed by atoms with Gasteiger partial charge in [-0.25, -0.2) is 10.9 Å². The summed E-state index contributed by atoms with van der Waals surface area (Å²) in [4.78, 5) is 15.6. The third kappa shape index (κ3) is 4.83. The number of hydrazine groups is 1. The van der Waals surface area contributed by atoms with Crippen LogP contribution < -0.4 is 20.3 Å². The van der Waals surface area contributed by atoms with Gasteiger partial charge in [0.2, 0.25) is 5.91 Å². The highest BCUT2D eigenvalue weighted by atomic mass is 16.5. The van der Waals surface area contributed by atoms with Crippen LogP contribution in [0.2, 0.25) is 0 Å². The molecule has 2 aliphatic rings. The summed E-state index contributed by atoms with van der Waals surface area (Å²) >= 11 is 0. The van der Waals surface area contributed by atoms with Gasteiger partial charge >= 0.3 is 0 Å². The SMILES string of the molecule is COc1ccc(C2C3C(NNC3c3c(C)cc(C)cc3O)C(=O)N2CCCOC(C)C)cc1OC. The van der Waals surface area contributed by atoms with Crippen LogP contribution >= 0.6 is 0 Å². The Kier molecular flexibility index (Phi) is 7.54. The summed E-state index contributed by atoms with van der Waals surface area (Å²) in [6.45, 7) is 9.14. The number of nitrogens with zero attached hydrogens (tertiary/aromatic N) is 1. The van der Waals surface area contributed by atoms with Gasteiger partial charge in [-0.05, 0) is 69.0 Å². The minimum Gasteiger partial charge on any atom is -0.508 e. The van der Waals surface area contributed by atoms with Crippen LogP contribution in [0.4, 0.5) is 0 Å². The number of phenols is 1. The Balaban J connectivity index is 1.74. The fraction of sp³-hybridized carbons (Fsp3) is 0.519. The Morgan fingerprint density at radius 3 is 2.40 bits per heavy atom. The summed E-state index contributed by atoms with van der Waals surface area (Å²) < 4.78 is 16.8. The average Bonchev–Trinajstić information content (AvgIpc) is 3.34. The van der Waals surface area contributed by atoms with Crippen molar-refractivity contribution >= 4 is 5.91 Å². The number of carbonyl (C=O) groups excluding carboxylic acids is 1. The Morgan fingerprint density at radius 2 is 1.74 bits per heavy atom. The summed E-state index contributed by atoms with van der Waals surface area (Å²) in [6.07, 6.45) is 0.882. The second-order valence-electron chi connectivity index (χ2n) is 9.70. The fourth-order valence-electron chi connectivity index (χ4n) is 5.55. The van der Waals surface area contributed by atoms with Crippen LogP contribution in [0, 0.1) is 19.8 Å². The van der Waals surface area contributed by atoms with Gasteiger partial charge in [0.05, 0.1) is 32.4 Å². The number of amides is 1. The quantitative estimate of drug-likeness (QED) is 0.470. The van der Waals surface area contributed by atoms with Crippen molar-refractivity contribution in [3.63, 3.8) is 0 Å². The summed E-state index contributed by atoms with van der Waals surface area (Å²) in [5.74, 6) is 1.40. The Bertz CT molecular complexity index is 1050. The lowest BCUT2D eigenvalue weighted by molar-refractivity contribution is -0.131. The minimum absolute atomic E-state index is 0.0404.